The van der Waals surface area contributed by atoms with Gasteiger partial charge >= 0.3 is 0 Å². The van der Waals surface area contributed by atoms with E-state index in [4.69, 9.17) is 0 Å². The monoisotopic (exact) mass is 824 g/mol. The number of hydrogen-bond donors (Lipinski definition) is 0. The Morgan fingerprint density at radius 3 is 1.03 bits per heavy atom. The van der Waals surface area contributed by atoms with Gasteiger partial charge in [0.2, 0.25) is 0 Å². The molecule has 0 fully saturated rings. The van der Waals surface area contributed by atoms with Crippen LogP contribution < -0.4 is 4.90 Å². The lowest BCUT2D eigenvalue weighted by Crippen LogP contribution is -2.16. The average molecular weight is 824 g/mol. The minimum atomic E-state index is -0.00254. The van der Waals surface area contributed by atoms with Gasteiger partial charge < -0.3 is 4.90 Å². The first-order valence-corrected chi connectivity index (χ1v) is 22.8. The minimum Gasteiger partial charge on any atom is -0.309 e. The molecule has 0 spiro atoms. The summed E-state index contributed by atoms with van der Waals surface area (Å²) in [5, 5.41) is 2.49. The Balaban J connectivity index is 1.42. The molecular weight excluding hydrogens is 759 g/mol. The van der Waals surface area contributed by atoms with Crippen molar-refractivity contribution in [2.75, 3.05) is 4.90 Å². The molecule has 0 saturated heterocycles. The summed E-state index contributed by atoms with van der Waals surface area (Å²) in [6.45, 7) is 27.6. The van der Waals surface area contributed by atoms with Gasteiger partial charge in [0.05, 0.1) is 17.1 Å². The van der Waals surface area contributed by atoms with Crippen LogP contribution in [0.25, 0.3) is 55.3 Å². The standard InChI is InChI=1S/C62H65N/c1-59(2,3)46-35-31-42(32-36-46)50-23-13-16-28-55(50)63(56-29-17-14-24-51(56)43-33-37-47(38-34-43)60(4,5)6)57-30-18-15-25-53(57)54-27-20-22-44-21-19-26-52(58(44)54)45-39-48(61(7,8)9)41-49(40-45)62(10,11)12/h13-41H,1-12H3. The zero-order chi connectivity index (χ0) is 44.9. The number of nitrogens with zero attached hydrogens (tertiary/aromatic N) is 1. The predicted octanol–water partition coefficient (Wildman–Crippen LogP) is 18.2. The van der Waals surface area contributed by atoms with Gasteiger partial charge in [-0.05, 0) is 101 Å². The first-order chi connectivity index (χ1) is 29.8. The van der Waals surface area contributed by atoms with Gasteiger partial charge in [0.25, 0.3) is 0 Å². The zero-order valence-electron chi connectivity index (χ0n) is 39.7. The SMILES string of the molecule is CC(C)(C)c1ccc(-c2ccccc2N(c2ccccc2-c2ccc(C(C)(C)C)cc2)c2ccccc2-c2cccc3cccc(-c4cc(C(C)(C)C)cc(C(C)(C)C)c4)c23)cc1. The van der Waals surface area contributed by atoms with Crippen molar-refractivity contribution in [3.05, 3.63) is 198 Å². The maximum Gasteiger partial charge on any atom is 0.0540 e. The Labute approximate surface area is 378 Å². The number of benzene rings is 8. The van der Waals surface area contributed by atoms with E-state index in [0.717, 1.165) is 17.1 Å². The van der Waals surface area contributed by atoms with Crippen molar-refractivity contribution in [1.29, 1.82) is 0 Å². The van der Waals surface area contributed by atoms with E-state index in [1.54, 1.807) is 0 Å². The third-order valence-corrected chi connectivity index (χ3v) is 12.7. The van der Waals surface area contributed by atoms with Crippen molar-refractivity contribution in [2.45, 2.75) is 105 Å². The molecule has 0 aliphatic heterocycles. The summed E-state index contributed by atoms with van der Waals surface area (Å²) in [6.07, 6.45) is 0. The molecule has 8 rings (SSSR count). The van der Waals surface area contributed by atoms with E-state index >= 15 is 0 Å². The molecule has 0 aromatic heterocycles. The van der Waals surface area contributed by atoms with E-state index in [0.29, 0.717) is 0 Å². The fourth-order valence-corrected chi connectivity index (χ4v) is 8.87. The summed E-state index contributed by atoms with van der Waals surface area (Å²) in [7, 11) is 0. The zero-order valence-corrected chi connectivity index (χ0v) is 39.7. The molecule has 0 aliphatic carbocycles. The van der Waals surface area contributed by atoms with Crippen molar-refractivity contribution in [3.8, 4) is 44.5 Å². The number of hydrogen-bond acceptors (Lipinski definition) is 1. The third-order valence-electron chi connectivity index (χ3n) is 12.7. The van der Waals surface area contributed by atoms with Gasteiger partial charge in [0, 0.05) is 16.7 Å². The summed E-state index contributed by atoms with van der Waals surface area (Å²) in [5.74, 6) is 0. The number of anilines is 3. The second kappa shape index (κ2) is 16.5. The summed E-state index contributed by atoms with van der Waals surface area (Å²) < 4.78 is 0. The van der Waals surface area contributed by atoms with E-state index < -0.39 is 0 Å². The fraction of sp³-hybridized carbons (Fsp3) is 0.258. The highest BCUT2D eigenvalue weighted by Gasteiger charge is 2.26. The van der Waals surface area contributed by atoms with E-state index in [2.05, 4.69) is 264 Å². The molecule has 1 heteroatoms. The lowest BCUT2D eigenvalue weighted by atomic mass is 9.78. The minimum absolute atomic E-state index is 0.00254. The van der Waals surface area contributed by atoms with Crippen molar-refractivity contribution < 1.29 is 0 Å². The highest BCUT2D eigenvalue weighted by Crippen LogP contribution is 2.50. The normalized spacial score (nSPS) is 12.4. The van der Waals surface area contributed by atoms with Crippen LogP contribution in [0.3, 0.4) is 0 Å². The van der Waals surface area contributed by atoms with E-state index in [9.17, 15) is 0 Å². The van der Waals surface area contributed by atoms with E-state index in [1.165, 1.54) is 77.5 Å². The van der Waals surface area contributed by atoms with Crippen molar-refractivity contribution in [2.24, 2.45) is 0 Å². The predicted molar refractivity (Wildman–Crippen MR) is 275 cm³/mol. The molecule has 63 heavy (non-hydrogen) atoms. The second-order valence-corrected chi connectivity index (χ2v) is 21.5. The lowest BCUT2D eigenvalue weighted by molar-refractivity contribution is 0.569. The molecular formula is C62H65N. The lowest BCUT2D eigenvalue weighted by Gasteiger charge is -2.32. The molecule has 0 saturated carbocycles. The van der Waals surface area contributed by atoms with Crippen LogP contribution >= 0.6 is 0 Å². The van der Waals surface area contributed by atoms with Crippen LogP contribution in [-0.2, 0) is 21.7 Å². The number of para-hydroxylation sites is 3. The summed E-state index contributed by atoms with van der Waals surface area (Å²) in [6, 6.07) is 66.2. The third kappa shape index (κ3) is 8.90. The van der Waals surface area contributed by atoms with Gasteiger partial charge in [-0.15, -0.1) is 0 Å². The van der Waals surface area contributed by atoms with Crippen LogP contribution in [0.2, 0.25) is 0 Å². The first-order valence-electron chi connectivity index (χ1n) is 22.8. The molecule has 0 heterocycles. The molecule has 0 aliphatic rings. The first kappa shape index (κ1) is 43.5. The van der Waals surface area contributed by atoms with Gasteiger partial charge in [0.15, 0.2) is 0 Å². The number of rotatable bonds is 7. The highest BCUT2D eigenvalue weighted by molar-refractivity contribution is 6.09. The van der Waals surface area contributed by atoms with Crippen LogP contribution in [0.5, 0.6) is 0 Å². The molecule has 0 unspecified atom stereocenters. The Kier molecular flexibility index (Phi) is 11.4. The second-order valence-electron chi connectivity index (χ2n) is 21.5. The Morgan fingerprint density at radius 1 is 0.270 bits per heavy atom. The molecule has 0 atom stereocenters. The molecule has 8 aromatic rings. The number of fused-ring (bicyclic) bond motifs is 1. The largest absolute Gasteiger partial charge is 0.309 e. The molecule has 0 radical (unpaired) electrons. The Bertz CT molecular complexity index is 2760. The molecule has 0 N–H and O–H groups in total. The summed E-state index contributed by atoms with van der Waals surface area (Å²) in [5.41, 5.74) is 18.5. The van der Waals surface area contributed by atoms with Crippen LogP contribution in [0.15, 0.2) is 176 Å². The van der Waals surface area contributed by atoms with E-state index in [-0.39, 0.29) is 21.7 Å². The Hall–Kier alpha value is -6.18. The van der Waals surface area contributed by atoms with Crippen LogP contribution in [0, 0.1) is 0 Å². The van der Waals surface area contributed by atoms with Gasteiger partial charge in [-0.25, -0.2) is 0 Å². The van der Waals surface area contributed by atoms with Crippen molar-refractivity contribution in [3.63, 3.8) is 0 Å². The molecule has 318 valence electrons. The molecule has 0 amide bonds. The topological polar surface area (TPSA) is 3.24 Å². The van der Waals surface area contributed by atoms with Crippen molar-refractivity contribution in [1.82, 2.24) is 0 Å². The van der Waals surface area contributed by atoms with Gasteiger partial charge in [-0.3, -0.25) is 0 Å². The molecule has 1 nitrogen and oxygen atoms in total. The Morgan fingerprint density at radius 2 is 0.619 bits per heavy atom. The van der Waals surface area contributed by atoms with Crippen molar-refractivity contribution >= 4 is 27.8 Å². The average Bonchev–Trinajstić information content (AvgIpc) is 3.25. The summed E-state index contributed by atoms with van der Waals surface area (Å²) in [4.78, 5) is 2.52. The maximum absolute atomic E-state index is 2.52. The fourth-order valence-electron chi connectivity index (χ4n) is 8.87. The van der Waals surface area contributed by atoms with Gasteiger partial charge in [-0.2, -0.15) is 0 Å². The molecule has 8 aromatic carbocycles. The van der Waals surface area contributed by atoms with Gasteiger partial charge in [0.1, 0.15) is 0 Å². The van der Waals surface area contributed by atoms with Crippen LogP contribution in [0.1, 0.15) is 105 Å². The summed E-state index contributed by atoms with van der Waals surface area (Å²) >= 11 is 0. The quantitative estimate of drug-likeness (QED) is 0.155. The van der Waals surface area contributed by atoms with Gasteiger partial charge in [-0.1, -0.05) is 241 Å². The highest BCUT2D eigenvalue weighted by atomic mass is 15.1. The maximum atomic E-state index is 2.52. The van der Waals surface area contributed by atoms with Crippen LogP contribution in [0.4, 0.5) is 17.1 Å². The van der Waals surface area contributed by atoms with Crippen LogP contribution in [-0.4, -0.2) is 0 Å². The molecule has 0 bridgehead atoms. The smallest absolute Gasteiger partial charge is 0.0540 e. The van der Waals surface area contributed by atoms with E-state index in [1.807, 2.05) is 0 Å².